The van der Waals surface area contributed by atoms with Gasteiger partial charge in [-0.2, -0.15) is 0 Å². The van der Waals surface area contributed by atoms with Crippen molar-refractivity contribution in [2.24, 2.45) is 0 Å². The third-order valence-corrected chi connectivity index (χ3v) is 1.18. The highest BCUT2D eigenvalue weighted by Crippen LogP contribution is 2.05. The number of nitrogens with zero attached hydrogens (tertiary/aromatic N) is 1. The van der Waals surface area contributed by atoms with Crippen LogP contribution >= 0.6 is 0 Å². The van der Waals surface area contributed by atoms with Crippen molar-refractivity contribution in [1.29, 1.82) is 0 Å². The van der Waals surface area contributed by atoms with Crippen LogP contribution in [0.5, 0.6) is 0 Å². The number of carbonyl (C=O) groups is 1. The summed E-state index contributed by atoms with van der Waals surface area (Å²) < 4.78 is 12.0. The molecule has 0 aliphatic carbocycles. The van der Waals surface area contributed by atoms with E-state index in [0.29, 0.717) is 0 Å². The summed E-state index contributed by atoms with van der Waals surface area (Å²) in [6, 6.07) is 4.47. The molecule has 0 saturated heterocycles. The van der Waals surface area contributed by atoms with Crippen molar-refractivity contribution < 1.29 is 14.3 Å². The number of halogens is 1. The second kappa shape index (κ2) is 3.66. The van der Waals surface area contributed by atoms with E-state index in [4.69, 9.17) is 5.11 Å². The number of aromatic nitrogens is 1. The van der Waals surface area contributed by atoms with Gasteiger partial charge in [0, 0.05) is 0 Å². The Morgan fingerprint density at radius 1 is 1.67 bits per heavy atom. The average Bonchev–Trinajstić information content (AvgIpc) is 2.03. The predicted octanol–water partition coefficient (Wildman–Crippen LogP) is 1.64. The minimum Gasteiger partial charge on any atom is -0.465 e. The number of anilines is 1. The zero-order valence-electron chi connectivity index (χ0n) is 6.12. The molecule has 1 heterocycles. The molecular weight excluding hydrogens is 163 g/mol. The van der Waals surface area contributed by atoms with Crippen LogP contribution in [0.3, 0.4) is 0 Å². The molecule has 0 fully saturated rings. The topological polar surface area (TPSA) is 62.2 Å². The largest absolute Gasteiger partial charge is 0.465 e. The molecule has 4 nitrogen and oxygen atoms in total. The number of carboxylic acid groups (broad SMARTS) is 1. The zero-order chi connectivity index (χ0) is 8.97. The van der Waals surface area contributed by atoms with Gasteiger partial charge in [-0.3, -0.25) is 5.32 Å². The van der Waals surface area contributed by atoms with Crippen LogP contribution in [0, 0.1) is 0 Å². The molecule has 5 heteroatoms. The lowest BCUT2D eigenvalue weighted by atomic mass is 10.3. The summed E-state index contributed by atoms with van der Waals surface area (Å²) in [6.07, 6.45) is -1.21. The van der Waals surface area contributed by atoms with Gasteiger partial charge in [0.25, 0.3) is 0 Å². The normalized spacial score (nSPS) is 9.42. The van der Waals surface area contributed by atoms with E-state index < -0.39 is 12.8 Å². The third-order valence-electron chi connectivity index (χ3n) is 1.18. The van der Waals surface area contributed by atoms with Crippen LogP contribution in [-0.2, 0) is 6.67 Å². The molecule has 12 heavy (non-hydrogen) atoms. The van der Waals surface area contributed by atoms with Crippen LogP contribution in [0.4, 0.5) is 15.0 Å². The molecule has 0 aliphatic heterocycles. The van der Waals surface area contributed by atoms with Gasteiger partial charge < -0.3 is 5.11 Å². The van der Waals surface area contributed by atoms with Crippen LogP contribution in [-0.4, -0.2) is 16.2 Å². The Kier molecular flexibility index (Phi) is 2.57. The van der Waals surface area contributed by atoms with Crippen LogP contribution in [0.15, 0.2) is 18.2 Å². The van der Waals surface area contributed by atoms with Gasteiger partial charge in [0.05, 0.1) is 5.69 Å². The van der Waals surface area contributed by atoms with E-state index in [1.54, 1.807) is 0 Å². The van der Waals surface area contributed by atoms with Crippen molar-refractivity contribution >= 4 is 11.9 Å². The molecule has 0 unspecified atom stereocenters. The van der Waals surface area contributed by atoms with Gasteiger partial charge in [0.15, 0.2) is 0 Å². The zero-order valence-corrected chi connectivity index (χ0v) is 6.12. The first kappa shape index (κ1) is 8.45. The molecule has 0 aromatic carbocycles. The van der Waals surface area contributed by atoms with E-state index in [1.807, 2.05) is 5.32 Å². The summed E-state index contributed by atoms with van der Waals surface area (Å²) in [6.45, 7) is -0.699. The molecular formula is C7H7FN2O2. The SMILES string of the molecule is O=C(O)Nc1cccc(CF)n1. The molecule has 1 rings (SSSR count). The maximum atomic E-state index is 12.0. The number of pyridine rings is 1. The number of rotatable bonds is 2. The van der Waals surface area contributed by atoms with Gasteiger partial charge in [-0.05, 0) is 12.1 Å². The van der Waals surface area contributed by atoms with Crippen LogP contribution in [0.2, 0.25) is 0 Å². The fraction of sp³-hybridized carbons (Fsp3) is 0.143. The molecule has 0 saturated carbocycles. The lowest BCUT2D eigenvalue weighted by Crippen LogP contribution is -2.09. The molecule has 0 aliphatic rings. The molecule has 64 valence electrons. The highest BCUT2D eigenvalue weighted by Gasteiger charge is 1.99. The first-order valence-corrected chi connectivity index (χ1v) is 3.24. The third kappa shape index (κ3) is 2.19. The molecule has 1 amide bonds. The van der Waals surface area contributed by atoms with Crippen LogP contribution in [0.1, 0.15) is 5.69 Å². The Bertz CT molecular complexity index is 290. The monoisotopic (exact) mass is 170 g/mol. The maximum absolute atomic E-state index is 12.0. The Balaban J connectivity index is 2.79. The highest BCUT2D eigenvalue weighted by molar-refractivity contribution is 5.81. The lowest BCUT2D eigenvalue weighted by Gasteiger charge is -1.99. The second-order valence-electron chi connectivity index (χ2n) is 2.08. The highest BCUT2D eigenvalue weighted by atomic mass is 19.1. The Morgan fingerprint density at radius 3 is 3.00 bits per heavy atom. The minimum atomic E-state index is -1.21. The van der Waals surface area contributed by atoms with Gasteiger partial charge in [0.2, 0.25) is 0 Å². The average molecular weight is 170 g/mol. The van der Waals surface area contributed by atoms with Crippen molar-refractivity contribution in [3.8, 4) is 0 Å². The quantitative estimate of drug-likeness (QED) is 0.709. The smallest absolute Gasteiger partial charge is 0.410 e. The summed E-state index contributed by atoms with van der Waals surface area (Å²) in [5.41, 5.74) is 0.209. The first-order chi connectivity index (χ1) is 5.72. The summed E-state index contributed by atoms with van der Waals surface area (Å²) in [5, 5.41) is 10.3. The minimum absolute atomic E-state index is 0.137. The molecule has 1 aromatic heterocycles. The van der Waals surface area contributed by atoms with Gasteiger partial charge >= 0.3 is 6.09 Å². The van der Waals surface area contributed by atoms with Crippen LogP contribution in [0.25, 0.3) is 0 Å². The van der Waals surface area contributed by atoms with Crippen molar-refractivity contribution in [3.05, 3.63) is 23.9 Å². The number of alkyl halides is 1. The van der Waals surface area contributed by atoms with E-state index in [1.165, 1.54) is 18.2 Å². The van der Waals surface area contributed by atoms with Crippen molar-refractivity contribution in [2.75, 3.05) is 5.32 Å². The molecule has 0 radical (unpaired) electrons. The molecule has 0 spiro atoms. The summed E-state index contributed by atoms with van der Waals surface area (Å²) in [5.74, 6) is 0.137. The van der Waals surface area contributed by atoms with Crippen molar-refractivity contribution in [2.45, 2.75) is 6.67 Å². The second-order valence-corrected chi connectivity index (χ2v) is 2.08. The van der Waals surface area contributed by atoms with Crippen LogP contribution < -0.4 is 5.32 Å². The molecule has 0 atom stereocenters. The van der Waals surface area contributed by atoms with Crippen molar-refractivity contribution in [3.63, 3.8) is 0 Å². The fourth-order valence-corrected chi connectivity index (χ4v) is 0.733. The Labute approximate surface area is 68.1 Å². The number of hydrogen-bond acceptors (Lipinski definition) is 2. The Hall–Kier alpha value is -1.65. The van der Waals surface area contributed by atoms with E-state index >= 15 is 0 Å². The number of hydrogen-bond donors (Lipinski definition) is 2. The van der Waals surface area contributed by atoms with Gasteiger partial charge in [-0.1, -0.05) is 6.07 Å². The van der Waals surface area contributed by atoms with Gasteiger partial charge in [-0.25, -0.2) is 14.2 Å². The number of nitrogens with one attached hydrogen (secondary N) is 1. The van der Waals surface area contributed by atoms with E-state index in [2.05, 4.69) is 4.98 Å². The van der Waals surface area contributed by atoms with Gasteiger partial charge in [0.1, 0.15) is 12.5 Å². The Morgan fingerprint density at radius 2 is 2.42 bits per heavy atom. The predicted molar refractivity (Wildman–Crippen MR) is 40.7 cm³/mol. The summed E-state index contributed by atoms with van der Waals surface area (Å²) >= 11 is 0. The standard InChI is InChI=1S/C7H7FN2O2/c8-4-5-2-1-3-6(9-5)10-7(11)12/h1-3H,4H2,(H,9,10)(H,11,12). The lowest BCUT2D eigenvalue weighted by molar-refractivity contribution is 0.209. The first-order valence-electron chi connectivity index (χ1n) is 3.24. The van der Waals surface area contributed by atoms with E-state index in [-0.39, 0.29) is 11.5 Å². The van der Waals surface area contributed by atoms with E-state index in [9.17, 15) is 9.18 Å². The fourth-order valence-electron chi connectivity index (χ4n) is 0.733. The summed E-state index contributed by atoms with van der Waals surface area (Å²) in [4.78, 5) is 13.8. The van der Waals surface area contributed by atoms with E-state index in [0.717, 1.165) is 0 Å². The number of amides is 1. The van der Waals surface area contributed by atoms with Gasteiger partial charge in [-0.15, -0.1) is 0 Å². The molecule has 0 bridgehead atoms. The summed E-state index contributed by atoms with van der Waals surface area (Å²) in [7, 11) is 0. The molecule has 1 aromatic rings. The van der Waals surface area contributed by atoms with Crippen molar-refractivity contribution in [1.82, 2.24) is 4.98 Å². The molecule has 2 N–H and O–H groups in total. The maximum Gasteiger partial charge on any atom is 0.410 e.